The lowest BCUT2D eigenvalue weighted by molar-refractivity contribution is -0.0512. The molecule has 1 aliphatic carbocycles. The number of aryl methyl sites for hydroxylation is 1. The van der Waals surface area contributed by atoms with Gasteiger partial charge >= 0.3 is 0 Å². The molecule has 2 N–H and O–H groups in total. The Bertz CT molecular complexity index is 1580. The second kappa shape index (κ2) is 10.1. The van der Waals surface area contributed by atoms with E-state index in [0.717, 1.165) is 66.0 Å². The number of pyridine rings is 2. The maximum atomic E-state index is 13.4. The van der Waals surface area contributed by atoms with Crippen LogP contribution in [0.15, 0.2) is 30.6 Å². The second-order valence-electron chi connectivity index (χ2n) is 11.6. The molecule has 0 spiro atoms. The highest BCUT2D eigenvalue weighted by Crippen LogP contribution is 2.40. The van der Waals surface area contributed by atoms with Gasteiger partial charge in [-0.3, -0.25) is 4.79 Å². The van der Waals surface area contributed by atoms with Crippen LogP contribution in [0.1, 0.15) is 41.6 Å². The molecule has 1 atom stereocenters. The fraction of sp³-hybridized carbons (Fsp3) is 0.500. The molecule has 3 fully saturated rings. The van der Waals surface area contributed by atoms with Crippen LogP contribution < -0.4 is 15.2 Å². The number of aromatic nitrogens is 4. The number of nitrogens with two attached hydrogens (primary N) is 1. The van der Waals surface area contributed by atoms with Crippen molar-refractivity contribution < 1.29 is 19.0 Å². The van der Waals surface area contributed by atoms with Crippen LogP contribution in [0.3, 0.4) is 0 Å². The van der Waals surface area contributed by atoms with Gasteiger partial charge in [-0.05, 0) is 56.7 Å². The minimum absolute atomic E-state index is 0.0145. The number of fused-ring (bicyclic) bond motifs is 2. The zero-order valence-electron chi connectivity index (χ0n) is 23.1. The van der Waals surface area contributed by atoms with E-state index in [9.17, 15) is 4.79 Å². The maximum Gasteiger partial charge on any atom is 0.255 e. The summed E-state index contributed by atoms with van der Waals surface area (Å²) in [6.07, 6.45) is 7.93. The molecule has 7 rings (SSSR count). The topological polar surface area (TPSA) is 109 Å². The molecule has 10 heteroatoms. The van der Waals surface area contributed by atoms with Crippen LogP contribution in [0.5, 0.6) is 11.6 Å². The number of carbonyl (C=O) groups is 1. The molecule has 2 saturated heterocycles. The van der Waals surface area contributed by atoms with Gasteiger partial charge in [-0.25, -0.2) is 9.50 Å². The lowest BCUT2D eigenvalue weighted by Gasteiger charge is -2.30. The van der Waals surface area contributed by atoms with E-state index in [1.54, 1.807) is 11.6 Å². The summed E-state index contributed by atoms with van der Waals surface area (Å²) < 4.78 is 21.5. The number of piperidine rings is 1. The first-order valence-corrected chi connectivity index (χ1v) is 14.3. The largest absolute Gasteiger partial charge is 0.494 e. The Labute approximate surface area is 233 Å². The number of carbonyl (C=O) groups excluding carboxylic acids is 1. The van der Waals surface area contributed by atoms with E-state index >= 15 is 0 Å². The number of rotatable bonds is 8. The summed E-state index contributed by atoms with van der Waals surface area (Å²) in [6.45, 7) is 6.30. The number of nitrogens with zero attached hydrogens (tertiary/aromatic N) is 5. The highest BCUT2D eigenvalue weighted by Gasteiger charge is 2.29. The maximum absolute atomic E-state index is 13.4. The fourth-order valence-corrected chi connectivity index (χ4v) is 5.99. The van der Waals surface area contributed by atoms with Crippen molar-refractivity contribution in [3.05, 3.63) is 41.7 Å². The first-order valence-electron chi connectivity index (χ1n) is 14.3. The van der Waals surface area contributed by atoms with Crippen LogP contribution in [0, 0.1) is 18.8 Å². The van der Waals surface area contributed by atoms with Crippen molar-refractivity contribution in [1.82, 2.24) is 24.1 Å². The average Bonchev–Trinajstić information content (AvgIpc) is 3.59. The average molecular weight is 545 g/mol. The molecule has 40 heavy (non-hydrogen) atoms. The Hall–Kier alpha value is -3.63. The fourth-order valence-electron chi connectivity index (χ4n) is 5.99. The van der Waals surface area contributed by atoms with Crippen LogP contribution in [-0.4, -0.2) is 76.0 Å². The van der Waals surface area contributed by atoms with Gasteiger partial charge in [0, 0.05) is 54.9 Å². The lowest BCUT2D eigenvalue weighted by atomic mass is 10.1. The van der Waals surface area contributed by atoms with Crippen LogP contribution in [0.2, 0.25) is 0 Å². The van der Waals surface area contributed by atoms with Gasteiger partial charge < -0.3 is 29.4 Å². The van der Waals surface area contributed by atoms with Crippen LogP contribution in [0.25, 0.3) is 27.8 Å². The van der Waals surface area contributed by atoms with Crippen LogP contribution in [-0.2, 0) is 11.3 Å². The monoisotopic (exact) mass is 544 g/mol. The molecule has 1 amide bonds. The molecule has 4 aromatic heterocycles. The molecule has 210 valence electrons. The first kappa shape index (κ1) is 25.3. The molecule has 1 saturated carbocycles. The van der Waals surface area contributed by atoms with Crippen LogP contribution in [0.4, 0.5) is 0 Å². The number of ether oxygens (including phenoxy) is 3. The van der Waals surface area contributed by atoms with Gasteiger partial charge in [0.25, 0.3) is 5.91 Å². The molecule has 0 bridgehead atoms. The standard InChI is InChI=1S/C30H36N6O4/c1-18-26(33-36-13-22(11-25(38-2)27(18)36)30(37)34-9-3-4-23(31)14-34)24-10-21-7-8-32-29(40-17-20-15-39-16-20)28(21)35(24)12-19-5-6-19/h7-8,10-11,13,19-20,23H,3-6,9,12,14-17,31H2,1-2H3. The van der Waals surface area contributed by atoms with Gasteiger partial charge in [0.1, 0.15) is 22.5 Å². The van der Waals surface area contributed by atoms with E-state index in [1.165, 1.54) is 12.8 Å². The number of amides is 1. The van der Waals surface area contributed by atoms with Gasteiger partial charge in [0.05, 0.1) is 38.2 Å². The zero-order chi connectivity index (χ0) is 27.4. The predicted octanol–water partition coefficient (Wildman–Crippen LogP) is 3.67. The van der Waals surface area contributed by atoms with Crippen molar-refractivity contribution in [2.75, 3.05) is 40.0 Å². The van der Waals surface area contributed by atoms with Gasteiger partial charge in [-0.2, -0.15) is 5.10 Å². The third-order valence-electron chi connectivity index (χ3n) is 8.46. The molecule has 6 heterocycles. The van der Waals surface area contributed by atoms with E-state index in [4.69, 9.17) is 25.0 Å². The number of likely N-dealkylation sites (tertiary alicyclic amines) is 1. The summed E-state index contributed by atoms with van der Waals surface area (Å²) in [7, 11) is 1.64. The summed E-state index contributed by atoms with van der Waals surface area (Å²) in [4.78, 5) is 19.9. The van der Waals surface area contributed by atoms with Crippen molar-refractivity contribution >= 4 is 22.3 Å². The molecule has 0 radical (unpaired) electrons. The Morgan fingerprint density at radius 2 is 2.02 bits per heavy atom. The Morgan fingerprint density at radius 1 is 1.18 bits per heavy atom. The third kappa shape index (κ3) is 4.49. The predicted molar refractivity (Wildman–Crippen MR) is 151 cm³/mol. The molecule has 4 aromatic rings. The molecule has 0 aromatic carbocycles. The van der Waals surface area contributed by atoms with Gasteiger partial charge in [-0.1, -0.05) is 0 Å². The Morgan fingerprint density at radius 3 is 2.75 bits per heavy atom. The molecule has 3 aliphatic rings. The lowest BCUT2D eigenvalue weighted by Crippen LogP contribution is -2.45. The van der Waals surface area contributed by atoms with Crippen LogP contribution >= 0.6 is 0 Å². The van der Waals surface area contributed by atoms with E-state index in [-0.39, 0.29) is 11.9 Å². The number of methoxy groups -OCH3 is 1. The molecule has 2 aliphatic heterocycles. The quantitative estimate of drug-likeness (QED) is 0.361. The van der Waals surface area contributed by atoms with Crippen molar-refractivity contribution in [1.29, 1.82) is 0 Å². The van der Waals surface area contributed by atoms with Crippen molar-refractivity contribution in [2.24, 2.45) is 17.6 Å². The highest BCUT2D eigenvalue weighted by atomic mass is 16.5. The minimum atomic E-state index is -0.0439. The molecule has 1 unspecified atom stereocenters. The molecule has 10 nitrogen and oxygen atoms in total. The molecular weight excluding hydrogens is 508 g/mol. The molecular formula is C30H36N6O4. The summed E-state index contributed by atoms with van der Waals surface area (Å²) in [6, 6.07) is 6.06. The normalized spacial score (nSPS) is 19.8. The summed E-state index contributed by atoms with van der Waals surface area (Å²) in [5.41, 5.74) is 11.4. The SMILES string of the molecule is COc1cc(C(=O)N2CCCC(N)C2)cn2nc(-c3cc4ccnc(OCC5COC5)c4n3CC3CC3)c(C)c12. The van der Waals surface area contributed by atoms with E-state index in [0.29, 0.717) is 48.7 Å². The third-order valence-corrected chi connectivity index (χ3v) is 8.46. The van der Waals surface area contributed by atoms with Crippen molar-refractivity contribution in [3.63, 3.8) is 0 Å². The van der Waals surface area contributed by atoms with Crippen molar-refractivity contribution in [3.8, 4) is 23.0 Å². The number of hydrogen-bond acceptors (Lipinski definition) is 7. The highest BCUT2D eigenvalue weighted by molar-refractivity contribution is 5.96. The minimum Gasteiger partial charge on any atom is -0.494 e. The van der Waals surface area contributed by atoms with Crippen molar-refractivity contribution in [2.45, 2.75) is 45.2 Å². The summed E-state index contributed by atoms with van der Waals surface area (Å²) in [5.74, 6) is 2.28. The van der Waals surface area contributed by atoms with E-state index in [1.807, 2.05) is 29.4 Å². The number of hydrogen-bond donors (Lipinski definition) is 1. The summed E-state index contributed by atoms with van der Waals surface area (Å²) >= 11 is 0. The van der Waals surface area contributed by atoms with E-state index in [2.05, 4.69) is 22.5 Å². The van der Waals surface area contributed by atoms with Gasteiger partial charge in [0.2, 0.25) is 5.88 Å². The van der Waals surface area contributed by atoms with Gasteiger partial charge in [0.15, 0.2) is 0 Å². The Balaban J connectivity index is 1.32. The second-order valence-corrected chi connectivity index (χ2v) is 11.6. The Kier molecular flexibility index (Phi) is 6.39. The van der Waals surface area contributed by atoms with E-state index < -0.39 is 0 Å². The first-order chi connectivity index (χ1) is 19.5. The summed E-state index contributed by atoms with van der Waals surface area (Å²) in [5, 5.41) is 6.12. The zero-order valence-corrected chi connectivity index (χ0v) is 23.1. The van der Waals surface area contributed by atoms with Gasteiger partial charge in [-0.15, -0.1) is 0 Å². The smallest absolute Gasteiger partial charge is 0.255 e.